The molecule has 44 heavy (non-hydrogen) atoms. The molecule has 0 radical (unpaired) electrons. The summed E-state index contributed by atoms with van der Waals surface area (Å²) in [6.45, 7) is 0. The van der Waals surface area contributed by atoms with Gasteiger partial charge in [-0.3, -0.25) is 9.97 Å². The van der Waals surface area contributed by atoms with E-state index in [9.17, 15) is 0 Å². The predicted octanol–water partition coefficient (Wildman–Crippen LogP) is 10.5. The van der Waals surface area contributed by atoms with E-state index in [0.29, 0.717) is 17.8 Å². The average molecular weight is 567 g/mol. The molecule has 0 N–H and O–H groups in total. The maximum absolute atomic E-state index is 4.28. The van der Waals surface area contributed by atoms with Crippen LogP contribution in [-0.4, -0.2) is 9.97 Å². The first-order chi connectivity index (χ1) is 21.8. The van der Waals surface area contributed by atoms with Crippen molar-refractivity contribution >= 4 is 16.8 Å². The average Bonchev–Trinajstić information content (AvgIpc) is 3.11. The number of hydrogen-bond acceptors (Lipinski definition) is 2. The molecule has 8 rings (SSSR count). The van der Waals surface area contributed by atoms with Crippen LogP contribution in [0.1, 0.15) is 58.4 Å². The van der Waals surface area contributed by atoms with Crippen LogP contribution in [0.3, 0.4) is 0 Å². The molecule has 0 fully saturated rings. The van der Waals surface area contributed by atoms with Crippen molar-refractivity contribution in [1.82, 2.24) is 9.97 Å². The van der Waals surface area contributed by atoms with Gasteiger partial charge in [0.2, 0.25) is 0 Å². The summed E-state index contributed by atoms with van der Waals surface area (Å²) in [7, 11) is 0. The number of benzene rings is 4. The lowest BCUT2D eigenvalue weighted by atomic mass is 9.72. The van der Waals surface area contributed by atoms with Crippen LogP contribution in [0.15, 0.2) is 146 Å². The minimum Gasteiger partial charge on any atom is -0.265 e. The van der Waals surface area contributed by atoms with Crippen LogP contribution >= 0.6 is 0 Å². The van der Waals surface area contributed by atoms with Gasteiger partial charge in [0, 0.05) is 36.6 Å². The summed E-state index contributed by atoms with van der Waals surface area (Å²) < 4.78 is 0. The van der Waals surface area contributed by atoms with Crippen LogP contribution in [0, 0.1) is 0 Å². The maximum atomic E-state index is 4.28. The third-order valence-corrected chi connectivity index (χ3v) is 9.59. The number of rotatable bonds is 5. The lowest BCUT2D eigenvalue weighted by Crippen LogP contribution is -2.15. The molecule has 0 saturated heterocycles. The van der Waals surface area contributed by atoms with Gasteiger partial charge in [0.25, 0.3) is 0 Å². The first-order valence-electron chi connectivity index (χ1n) is 15.7. The van der Waals surface area contributed by atoms with Crippen LogP contribution < -0.4 is 0 Å². The zero-order chi connectivity index (χ0) is 29.3. The van der Waals surface area contributed by atoms with Crippen LogP contribution in [0.4, 0.5) is 0 Å². The van der Waals surface area contributed by atoms with E-state index in [1.165, 1.54) is 60.8 Å². The van der Waals surface area contributed by atoms with Gasteiger partial charge < -0.3 is 0 Å². The SMILES string of the molecule is C1=CC(c2c3c(c(-c4cccc(-c5ccncc5)c4)c4ccccc24)CC(c2ccccc2)C=C3)CC(c2ccncc2)C1. The van der Waals surface area contributed by atoms with Crippen molar-refractivity contribution in [3.63, 3.8) is 0 Å². The van der Waals surface area contributed by atoms with Crippen LogP contribution in [-0.2, 0) is 6.42 Å². The van der Waals surface area contributed by atoms with Crippen LogP contribution in [0.25, 0.3) is 39.1 Å². The quantitative estimate of drug-likeness (QED) is 0.194. The number of allylic oxidation sites excluding steroid dienone is 3. The van der Waals surface area contributed by atoms with Crippen molar-refractivity contribution in [3.8, 4) is 22.3 Å². The van der Waals surface area contributed by atoms with Gasteiger partial charge in [-0.2, -0.15) is 0 Å². The molecular formula is C42H34N2. The molecule has 3 unspecified atom stereocenters. The Bertz CT molecular complexity index is 1990. The number of fused-ring (bicyclic) bond motifs is 2. The van der Waals surface area contributed by atoms with Crippen molar-refractivity contribution in [1.29, 1.82) is 0 Å². The third kappa shape index (κ3) is 4.87. The molecule has 3 atom stereocenters. The first kappa shape index (κ1) is 26.5. The Morgan fingerprint density at radius 3 is 2.11 bits per heavy atom. The van der Waals surface area contributed by atoms with Gasteiger partial charge >= 0.3 is 0 Å². The highest BCUT2D eigenvalue weighted by Gasteiger charge is 2.30. The van der Waals surface area contributed by atoms with Gasteiger partial charge in [0.15, 0.2) is 0 Å². The molecule has 6 aromatic rings. The molecule has 0 saturated carbocycles. The van der Waals surface area contributed by atoms with Crippen LogP contribution in [0.5, 0.6) is 0 Å². The van der Waals surface area contributed by atoms with Gasteiger partial charge in [0.05, 0.1) is 0 Å². The molecular weight excluding hydrogens is 532 g/mol. The summed E-state index contributed by atoms with van der Waals surface area (Å²) in [4.78, 5) is 8.53. The molecule has 2 heterocycles. The highest BCUT2D eigenvalue weighted by atomic mass is 14.6. The highest BCUT2D eigenvalue weighted by molar-refractivity contribution is 6.04. The predicted molar refractivity (Wildman–Crippen MR) is 183 cm³/mol. The largest absolute Gasteiger partial charge is 0.265 e. The zero-order valence-electron chi connectivity index (χ0n) is 24.7. The van der Waals surface area contributed by atoms with Crippen molar-refractivity contribution in [2.75, 3.05) is 0 Å². The van der Waals surface area contributed by atoms with Gasteiger partial charge in [-0.15, -0.1) is 0 Å². The Kier molecular flexibility index (Phi) is 6.96. The summed E-state index contributed by atoms with van der Waals surface area (Å²) in [5.41, 5.74) is 12.1. The van der Waals surface area contributed by atoms with E-state index < -0.39 is 0 Å². The first-order valence-corrected chi connectivity index (χ1v) is 15.7. The zero-order valence-corrected chi connectivity index (χ0v) is 24.7. The van der Waals surface area contributed by atoms with Gasteiger partial charge in [-0.05, 0) is 116 Å². The minimum atomic E-state index is 0.339. The molecule has 2 aliphatic rings. The summed E-state index contributed by atoms with van der Waals surface area (Å²) in [6.07, 6.45) is 20.5. The van der Waals surface area contributed by atoms with E-state index in [-0.39, 0.29) is 0 Å². The number of hydrogen-bond donors (Lipinski definition) is 0. The Hall–Kier alpha value is -5.08. The van der Waals surface area contributed by atoms with Gasteiger partial charge in [-0.1, -0.05) is 97.1 Å². The molecule has 2 aliphatic carbocycles. The molecule has 2 nitrogen and oxygen atoms in total. The van der Waals surface area contributed by atoms with Crippen LogP contribution in [0.2, 0.25) is 0 Å². The molecule has 0 spiro atoms. The van der Waals surface area contributed by atoms with E-state index in [4.69, 9.17) is 0 Å². The maximum Gasteiger partial charge on any atom is 0.0273 e. The summed E-state index contributed by atoms with van der Waals surface area (Å²) >= 11 is 0. The minimum absolute atomic E-state index is 0.339. The van der Waals surface area contributed by atoms with E-state index in [1.54, 1.807) is 0 Å². The summed E-state index contributed by atoms with van der Waals surface area (Å²) in [5, 5.41) is 2.71. The Morgan fingerprint density at radius 1 is 0.568 bits per heavy atom. The smallest absolute Gasteiger partial charge is 0.0273 e. The van der Waals surface area contributed by atoms with Gasteiger partial charge in [-0.25, -0.2) is 0 Å². The Labute approximate surface area is 259 Å². The number of nitrogens with zero attached hydrogens (tertiary/aromatic N) is 2. The molecule has 2 aromatic heterocycles. The van der Waals surface area contributed by atoms with Gasteiger partial charge in [0.1, 0.15) is 0 Å². The standard InChI is InChI=1S/C42H34N2/c1-2-8-29(9-3-1)34-16-17-39-40(28-34)42(36-13-7-11-33(27-36)31-20-24-44-25-21-31)38-15-5-4-14-37(38)41(39)35-12-6-10-32(26-35)30-18-22-43-23-19-30/h1-9,11-25,27,32,34-35H,10,26,28H2. The van der Waals surface area contributed by atoms with Crippen molar-refractivity contribution in [3.05, 3.63) is 174 Å². The van der Waals surface area contributed by atoms with Crippen molar-refractivity contribution < 1.29 is 0 Å². The van der Waals surface area contributed by atoms with Crippen molar-refractivity contribution in [2.45, 2.75) is 37.0 Å². The Morgan fingerprint density at radius 2 is 1.30 bits per heavy atom. The lowest BCUT2D eigenvalue weighted by molar-refractivity contribution is 0.567. The molecule has 2 heteroatoms. The second-order valence-electron chi connectivity index (χ2n) is 12.1. The van der Waals surface area contributed by atoms with E-state index in [0.717, 1.165) is 19.3 Å². The molecule has 0 aliphatic heterocycles. The lowest BCUT2D eigenvalue weighted by Gasteiger charge is -2.32. The normalized spacial score (nSPS) is 19.1. The highest BCUT2D eigenvalue weighted by Crippen LogP contribution is 2.48. The molecule has 212 valence electrons. The third-order valence-electron chi connectivity index (χ3n) is 9.59. The number of aromatic nitrogens is 2. The molecule has 0 bridgehead atoms. The van der Waals surface area contributed by atoms with E-state index >= 15 is 0 Å². The fraction of sp³-hybridized carbons (Fsp3) is 0.143. The second kappa shape index (κ2) is 11.5. The fourth-order valence-corrected chi connectivity index (χ4v) is 7.51. The topological polar surface area (TPSA) is 25.8 Å². The van der Waals surface area contributed by atoms with E-state index in [2.05, 4.69) is 137 Å². The molecule has 4 aromatic carbocycles. The monoisotopic (exact) mass is 566 g/mol. The Balaban J connectivity index is 1.34. The summed E-state index contributed by atoms with van der Waals surface area (Å²) in [6, 6.07) is 37.7. The number of pyridine rings is 2. The second-order valence-corrected chi connectivity index (χ2v) is 12.1. The van der Waals surface area contributed by atoms with Crippen molar-refractivity contribution in [2.24, 2.45) is 0 Å². The summed E-state index contributed by atoms with van der Waals surface area (Å²) in [5.74, 6) is 1.17. The molecule has 0 amide bonds. The van der Waals surface area contributed by atoms with E-state index in [1.807, 2.05) is 24.8 Å². The fourth-order valence-electron chi connectivity index (χ4n) is 7.51.